The van der Waals surface area contributed by atoms with Crippen molar-refractivity contribution in [1.29, 1.82) is 0 Å². The van der Waals surface area contributed by atoms with Gasteiger partial charge in [-0.15, -0.1) is 0 Å². The molecule has 132 valence electrons. The highest BCUT2D eigenvalue weighted by atomic mass is 16.2. The van der Waals surface area contributed by atoms with Gasteiger partial charge in [0.1, 0.15) is 0 Å². The van der Waals surface area contributed by atoms with Gasteiger partial charge in [-0.3, -0.25) is 9.59 Å². The summed E-state index contributed by atoms with van der Waals surface area (Å²) in [6, 6.07) is 9.92. The highest BCUT2D eigenvalue weighted by molar-refractivity contribution is 5.87. The van der Waals surface area contributed by atoms with Crippen molar-refractivity contribution in [3.63, 3.8) is 0 Å². The minimum atomic E-state index is -0.400. The van der Waals surface area contributed by atoms with Crippen LogP contribution in [0.3, 0.4) is 0 Å². The van der Waals surface area contributed by atoms with Crippen LogP contribution in [0.1, 0.15) is 45.6 Å². The number of primary amides is 1. The molecule has 2 atom stereocenters. The fourth-order valence-corrected chi connectivity index (χ4v) is 2.86. The first-order valence-corrected chi connectivity index (χ1v) is 8.74. The number of hydrogen-bond acceptors (Lipinski definition) is 2. The Morgan fingerprint density at radius 3 is 2.38 bits per heavy atom. The van der Waals surface area contributed by atoms with Crippen molar-refractivity contribution >= 4 is 17.9 Å². The van der Waals surface area contributed by atoms with Crippen molar-refractivity contribution < 1.29 is 9.59 Å². The van der Waals surface area contributed by atoms with E-state index in [4.69, 9.17) is 5.73 Å². The summed E-state index contributed by atoms with van der Waals surface area (Å²) in [5, 5.41) is 2.91. The zero-order valence-corrected chi connectivity index (χ0v) is 15.0. The van der Waals surface area contributed by atoms with Crippen molar-refractivity contribution in [2.24, 2.45) is 23.5 Å². The van der Waals surface area contributed by atoms with Crippen molar-refractivity contribution in [1.82, 2.24) is 5.32 Å². The van der Waals surface area contributed by atoms with E-state index >= 15 is 0 Å². The molecule has 0 aliphatic carbocycles. The standard InChI is InChI=1S/C20H30N2O2/c1-4-9-17(18(19(21)23)14-15(2)3)20(24)22-13-8-12-16-10-6-5-7-11-16/h5-8,10-12,15,17-18H,4,9,13-14H2,1-3H3,(H2,21,23)(H,22,24). The first-order valence-electron chi connectivity index (χ1n) is 8.74. The fraction of sp³-hybridized carbons (Fsp3) is 0.500. The molecule has 0 spiro atoms. The molecule has 0 radical (unpaired) electrons. The van der Waals surface area contributed by atoms with Gasteiger partial charge in [-0.25, -0.2) is 0 Å². The average Bonchev–Trinajstić information content (AvgIpc) is 2.55. The van der Waals surface area contributed by atoms with Gasteiger partial charge >= 0.3 is 0 Å². The summed E-state index contributed by atoms with van der Waals surface area (Å²) in [5.41, 5.74) is 6.64. The molecule has 0 aliphatic heterocycles. The Bertz CT molecular complexity index is 538. The van der Waals surface area contributed by atoms with E-state index in [2.05, 4.69) is 5.32 Å². The number of nitrogens with one attached hydrogen (secondary N) is 1. The van der Waals surface area contributed by atoms with Crippen molar-refractivity contribution in [2.75, 3.05) is 6.54 Å². The molecule has 0 saturated carbocycles. The number of hydrogen-bond donors (Lipinski definition) is 2. The highest BCUT2D eigenvalue weighted by Gasteiger charge is 2.31. The van der Waals surface area contributed by atoms with E-state index in [-0.39, 0.29) is 17.7 Å². The third-order valence-corrected chi connectivity index (χ3v) is 4.02. The molecule has 4 heteroatoms. The summed E-state index contributed by atoms with van der Waals surface area (Å²) in [5.74, 6) is -0.883. The molecule has 0 aromatic heterocycles. The lowest BCUT2D eigenvalue weighted by atomic mass is 9.81. The van der Waals surface area contributed by atoms with E-state index in [0.29, 0.717) is 25.3 Å². The lowest BCUT2D eigenvalue weighted by Gasteiger charge is -2.25. The average molecular weight is 330 g/mol. The Kier molecular flexibility index (Phi) is 8.84. The summed E-state index contributed by atoms with van der Waals surface area (Å²) < 4.78 is 0. The van der Waals surface area contributed by atoms with Crippen LogP contribution in [0.4, 0.5) is 0 Å². The van der Waals surface area contributed by atoms with E-state index in [1.807, 2.05) is 63.3 Å². The normalized spacial score (nSPS) is 13.8. The number of carbonyl (C=O) groups is 2. The van der Waals surface area contributed by atoms with Gasteiger partial charge in [-0.2, -0.15) is 0 Å². The second kappa shape index (κ2) is 10.6. The topological polar surface area (TPSA) is 72.2 Å². The molecule has 0 saturated heterocycles. The van der Waals surface area contributed by atoms with E-state index < -0.39 is 5.92 Å². The minimum Gasteiger partial charge on any atom is -0.369 e. The van der Waals surface area contributed by atoms with E-state index in [1.165, 1.54) is 0 Å². The zero-order chi connectivity index (χ0) is 17.9. The maximum absolute atomic E-state index is 12.5. The highest BCUT2D eigenvalue weighted by Crippen LogP contribution is 2.25. The summed E-state index contributed by atoms with van der Waals surface area (Å²) in [4.78, 5) is 24.3. The number of nitrogens with two attached hydrogens (primary N) is 1. The molecule has 24 heavy (non-hydrogen) atoms. The number of amides is 2. The van der Waals surface area contributed by atoms with Gasteiger partial charge in [-0.05, 0) is 24.3 Å². The van der Waals surface area contributed by atoms with Crippen molar-refractivity contribution in [3.05, 3.63) is 42.0 Å². The summed E-state index contributed by atoms with van der Waals surface area (Å²) in [7, 11) is 0. The van der Waals surface area contributed by atoms with Crippen molar-refractivity contribution in [2.45, 2.75) is 40.0 Å². The van der Waals surface area contributed by atoms with Crippen molar-refractivity contribution in [3.8, 4) is 0 Å². The number of benzene rings is 1. The minimum absolute atomic E-state index is 0.0842. The third-order valence-electron chi connectivity index (χ3n) is 4.02. The van der Waals surface area contributed by atoms with Crippen LogP contribution in [0.25, 0.3) is 6.08 Å². The van der Waals surface area contributed by atoms with E-state index in [9.17, 15) is 9.59 Å². The van der Waals surface area contributed by atoms with Gasteiger partial charge in [0.05, 0.1) is 0 Å². The second-order valence-corrected chi connectivity index (χ2v) is 6.59. The molecule has 1 aromatic carbocycles. The molecule has 0 aliphatic rings. The molecule has 4 nitrogen and oxygen atoms in total. The Morgan fingerprint density at radius 1 is 1.17 bits per heavy atom. The molecule has 2 unspecified atom stereocenters. The Hall–Kier alpha value is -2.10. The van der Waals surface area contributed by atoms with Crippen LogP contribution >= 0.6 is 0 Å². The van der Waals surface area contributed by atoms with Crippen LogP contribution < -0.4 is 11.1 Å². The molecule has 2 amide bonds. The lowest BCUT2D eigenvalue weighted by Crippen LogP contribution is -2.41. The summed E-state index contributed by atoms with van der Waals surface area (Å²) in [6.45, 7) is 6.54. The molecular formula is C20H30N2O2. The largest absolute Gasteiger partial charge is 0.369 e. The van der Waals surface area contributed by atoms with Crippen LogP contribution in [-0.4, -0.2) is 18.4 Å². The molecular weight excluding hydrogens is 300 g/mol. The molecule has 0 heterocycles. The third kappa shape index (κ3) is 6.99. The van der Waals surface area contributed by atoms with Gasteiger partial charge in [0, 0.05) is 18.4 Å². The first-order chi connectivity index (χ1) is 11.5. The SMILES string of the molecule is CCCC(C(=O)NCC=Cc1ccccc1)C(CC(C)C)C(N)=O. The number of rotatable bonds is 10. The van der Waals surface area contributed by atoms with Crippen LogP contribution in [0.5, 0.6) is 0 Å². The lowest BCUT2D eigenvalue weighted by molar-refractivity contribution is -0.134. The van der Waals surface area contributed by atoms with E-state index in [0.717, 1.165) is 12.0 Å². The van der Waals surface area contributed by atoms with Gasteiger partial charge < -0.3 is 11.1 Å². The van der Waals surface area contributed by atoms with Gasteiger partial charge in [0.2, 0.25) is 11.8 Å². The first kappa shape index (κ1) is 19.9. The smallest absolute Gasteiger partial charge is 0.224 e. The quantitative estimate of drug-likeness (QED) is 0.690. The maximum atomic E-state index is 12.5. The van der Waals surface area contributed by atoms with Crippen LogP contribution in [0.15, 0.2) is 36.4 Å². The monoisotopic (exact) mass is 330 g/mol. The molecule has 0 fully saturated rings. The Labute approximate surface area is 145 Å². The second-order valence-electron chi connectivity index (χ2n) is 6.59. The van der Waals surface area contributed by atoms with Crippen LogP contribution in [0.2, 0.25) is 0 Å². The summed E-state index contributed by atoms with van der Waals surface area (Å²) in [6.07, 6.45) is 6.05. The number of carbonyl (C=O) groups excluding carboxylic acids is 2. The zero-order valence-electron chi connectivity index (χ0n) is 15.0. The van der Waals surface area contributed by atoms with Gasteiger partial charge in [0.25, 0.3) is 0 Å². The predicted octanol–water partition coefficient (Wildman–Crippen LogP) is 3.38. The van der Waals surface area contributed by atoms with E-state index in [1.54, 1.807) is 0 Å². The van der Waals surface area contributed by atoms with Gasteiger partial charge in [-0.1, -0.05) is 69.7 Å². The molecule has 0 bridgehead atoms. The molecule has 1 rings (SSSR count). The summed E-state index contributed by atoms with van der Waals surface area (Å²) >= 11 is 0. The van der Waals surface area contributed by atoms with Gasteiger partial charge in [0.15, 0.2) is 0 Å². The Morgan fingerprint density at radius 2 is 1.83 bits per heavy atom. The Balaban J connectivity index is 2.64. The predicted molar refractivity (Wildman–Crippen MR) is 99.0 cm³/mol. The molecule has 3 N–H and O–H groups in total. The van der Waals surface area contributed by atoms with Crippen LogP contribution in [0, 0.1) is 17.8 Å². The maximum Gasteiger partial charge on any atom is 0.224 e. The van der Waals surface area contributed by atoms with Crippen LogP contribution in [-0.2, 0) is 9.59 Å². The molecule has 1 aromatic rings. The fourth-order valence-electron chi connectivity index (χ4n) is 2.86.